The fraction of sp³-hybridized carbons (Fsp3) is 0.400. The first-order valence-corrected chi connectivity index (χ1v) is 9.01. The maximum Gasteiger partial charge on any atom is 0.248 e. The van der Waals surface area contributed by atoms with Crippen LogP contribution in [0.5, 0.6) is 11.5 Å². The van der Waals surface area contributed by atoms with Gasteiger partial charge in [0.15, 0.2) is 11.6 Å². The van der Waals surface area contributed by atoms with E-state index < -0.39 is 23.5 Å². The van der Waals surface area contributed by atoms with Crippen molar-refractivity contribution in [2.24, 2.45) is 11.8 Å². The lowest BCUT2D eigenvalue weighted by atomic mass is 9.79. The van der Waals surface area contributed by atoms with Gasteiger partial charge in [0.2, 0.25) is 11.8 Å². The maximum absolute atomic E-state index is 13.6. The van der Waals surface area contributed by atoms with E-state index in [1.54, 1.807) is 6.92 Å². The van der Waals surface area contributed by atoms with Gasteiger partial charge in [0.25, 0.3) is 0 Å². The van der Waals surface area contributed by atoms with E-state index in [0.717, 1.165) is 12.1 Å². The molecule has 0 bridgehead atoms. The van der Waals surface area contributed by atoms with E-state index in [-0.39, 0.29) is 42.0 Å². The highest BCUT2D eigenvalue weighted by Gasteiger charge is 2.38. The first kappa shape index (κ1) is 20.1. The molecule has 0 saturated heterocycles. The largest absolute Gasteiger partial charge is 0.453 e. The van der Waals surface area contributed by atoms with Gasteiger partial charge >= 0.3 is 0 Å². The second kappa shape index (κ2) is 8.16. The molecule has 0 spiro atoms. The van der Waals surface area contributed by atoms with Crippen LogP contribution in [0.1, 0.15) is 32.6 Å². The predicted molar refractivity (Wildman–Crippen MR) is 95.4 cm³/mol. The summed E-state index contributed by atoms with van der Waals surface area (Å²) < 4.78 is 58.4. The Hall–Kier alpha value is -2.64. The summed E-state index contributed by atoms with van der Waals surface area (Å²) in [7, 11) is 0. The molecule has 1 N–H and O–H groups in total. The highest BCUT2D eigenvalue weighted by Crippen LogP contribution is 2.39. The number of benzene rings is 1. The Bertz CT molecular complexity index is 833. The molecule has 2 aromatic rings. The average molecular weight is 396 g/mol. The zero-order valence-corrected chi connectivity index (χ0v) is 15.2. The molecule has 3 rings (SSSR count). The maximum atomic E-state index is 13.6. The van der Waals surface area contributed by atoms with Crippen molar-refractivity contribution in [3.05, 3.63) is 48.2 Å². The lowest BCUT2D eigenvalue weighted by molar-refractivity contribution is -0.123. The smallest absolute Gasteiger partial charge is 0.248 e. The number of hydrogen-bond acceptors (Lipinski definition) is 3. The molecule has 1 aliphatic rings. The third kappa shape index (κ3) is 4.99. The molecule has 8 heteroatoms. The third-order valence-electron chi connectivity index (χ3n) is 4.99. The van der Waals surface area contributed by atoms with Crippen LogP contribution in [0.3, 0.4) is 0 Å². The van der Waals surface area contributed by atoms with Gasteiger partial charge in [-0.15, -0.1) is 0 Å². The quantitative estimate of drug-likeness (QED) is 0.674. The summed E-state index contributed by atoms with van der Waals surface area (Å²) in [5, 5.41) is 2.65. The molecule has 1 fully saturated rings. The molecule has 1 atom stereocenters. The van der Waals surface area contributed by atoms with E-state index in [9.17, 15) is 22.4 Å². The topological polar surface area (TPSA) is 51.2 Å². The van der Waals surface area contributed by atoms with Gasteiger partial charge in [-0.25, -0.2) is 22.5 Å². The van der Waals surface area contributed by atoms with Gasteiger partial charge in [-0.1, -0.05) is 6.92 Å². The molecule has 1 saturated carbocycles. The highest BCUT2D eigenvalue weighted by atomic mass is 19.3. The van der Waals surface area contributed by atoms with E-state index in [4.69, 9.17) is 4.74 Å². The van der Waals surface area contributed by atoms with Crippen LogP contribution in [-0.4, -0.2) is 16.8 Å². The molecule has 0 unspecified atom stereocenters. The highest BCUT2D eigenvalue weighted by molar-refractivity contribution is 5.91. The fourth-order valence-corrected chi connectivity index (χ4v) is 3.22. The Morgan fingerprint density at radius 3 is 2.54 bits per heavy atom. The standard InChI is InChI=1S/C20H20F4N2O2/c1-12(13-6-8-20(23,24)9-7-13)19(27)26-18-5-3-15(11-25-18)28-17-4-2-14(21)10-16(17)22/h2-5,10-13H,6-9H2,1H3,(H,25,26,27)/t12-/m1/s1. The number of hydrogen-bond donors (Lipinski definition) is 1. The van der Waals surface area contributed by atoms with Gasteiger partial charge < -0.3 is 10.1 Å². The van der Waals surface area contributed by atoms with Gasteiger partial charge in [-0.3, -0.25) is 4.79 Å². The second-order valence-electron chi connectivity index (χ2n) is 7.03. The minimum absolute atomic E-state index is 0.0938. The van der Waals surface area contributed by atoms with Crippen LogP contribution in [0, 0.1) is 23.5 Å². The Morgan fingerprint density at radius 1 is 1.21 bits per heavy atom. The molecule has 1 amide bonds. The van der Waals surface area contributed by atoms with Crippen LogP contribution >= 0.6 is 0 Å². The number of halogens is 4. The number of rotatable bonds is 5. The minimum Gasteiger partial charge on any atom is -0.453 e. The SMILES string of the molecule is C[C@@H](C(=O)Nc1ccc(Oc2ccc(F)cc2F)cn1)C1CCC(F)(F)CC1. The first-order chi connectivity index (χ1) is 13.2. The summed E-state index contributed by atoms with van der Waals surface area (Å²) in [6.45, 7) is 1.72. The molecular weight excluding hydrogens is 376 g/mol. The number of ether oxygens (including phenoxy) is 1. The van der Waals surface area contributed by atoms with E-state index in [1.165, 1.54) is 18.3 Å². The lowest BCUT2D eigenvalue weighted by Crippen LogP contribution is -2.33. The van der Waals surface area contributed by atoms with E-state index >= 15 is 0 Å². The molecular formula is C20H20F4N2O2. The molecule has 28 heavy (non-hydrogen) atoms. The van der Waals surface area contributed by atoms with Crippen molar-refractivity contribution in [1.29, 1.82) is 0 Å². The number of aromatic nitrogens is 1. The molecule has 150 valence electrons. The molecule has 0 aliphatic heterocycles. The Morgan fingerprint density at radius 2 is 1.93 bits per heavy atom. The van der Waals surface area contributed by atoms with Crippen molar-refractivity contribution < 1.29 is 27.1 Å². The van der Waals surface area contributed by atoms with Crippen molar-refractivity contribution in [1.82, 2.24) is 4.98 Å². The summed E-state index contributed by atoms with van der Waals surface area (Å²) in [5.41, 5.74) is 0. The zero-order chi connectivity index (χ0) is 20.3. The predicted octanol–water partition coefficient (Wildman–Crippen LogP) is 5.55. The number of carbonyl (C=O) groups is 1. The van der Waals surface area contributed by atoms with Crippen LogP contribution in [0.25, 0.3) is 0 Å². The normalized spacial score (nSPS) is 17.8. The molecule has 1 heterocycles. The van der Waals surface area contributed by atoms with Crippen LogP contribution in [0.4, 0.5) is 23.4 Å². The Kier molecular flexibility index (Phi) is 5.86. The molecule has 1 aromatic heterocycles. The third-order valence-corrected chi connectivity index (χ3v) is 4.99. The summed E-state index contributed by atoms with van der Waals surface area (Å²) in [6, 6.07) is 5.91. The Labute approximate surface area is 159 Å². The number of pyridine rings is 1. The van der Waals surface area contributed by atoms with E-state index in [1.807, 2.05) is 0 Å². The average Bonchev–Trinajstić information content (AvgIpc) is 2.65. The second-order valence-corrected chi connectivity index (χ2v) is 7.03. The van der Waals surface area contributed by atoms with E-state index in [0.29, 0.717) is 18.9 Å². The summed E-state index contributed by atoms with van der Waals surface area (Å²) in [5.74, 6) is -4.65. The fourth-order valence-electron chi connectivity index (χ4n) is 3.22. The van der Waals surface area contributed by atoms with Gasteiger partial charge in [0.1, 0.15) is 17.4 Å². The monoisotopic (exact) mass is 396 g/mol. The van der Waals surface area contributed by atoms with Gasteiger partial charge in [0.05, 0.1) is 6.20 Å². The zero-order valence-electron chi connectivity index (χ0n) is 15.2. The van der Waals surface area contributed by atoms with Crippen molar-refractivity contribution in [3.8, 4) is 11.5 Å². The van der Waals surface area contributed by atoms with Crippen molar-refractivity contribution in [2.45, 2.75) is 38.5 Å². The molecule has 4 nitrogen and oxygen atoms in total. The Balaban J connectivity index is 1.57. The van der Waals surface area contributed by atoms with E-state index in [2.05, 4.69) is 10.3 Å². The van der Waals surface area contributed by atoms with Crippen LogP contribution < -0.4 is 10.1 Å². The van der Waals surface area contributed by atoms with Crippen molar-refractivity contribution in [3.63, 3.8) is 0 Å². The molecule has 0 radical (unpaired) electrons. The van der Waals surface area contributed by atoms with Crippen LogP contribution in [0.2, 0.25) is 0 Å². The number of anilines is 1. The number of amides is 1. The number of alkyl halides is 2. The summed E-state index contributed by atoms with van der Waals surface area (Å²) in [4.78, 5) is 16.4. The number of nitrogens with one attached hydrogen (secondary N) is 1. The van der Waals surface area contributed by atoms with Gasteiger partial charge in [0, 0.05) is 24.8 Å². The molecule has 1 aliphatic carbocycles. The number of nitrogens with zero attached hydrogens (tertiary/aromatic N) is 1. The van der Waals surface area contributed by atoms with Crippen molar-refractivity contribution in [2.75, 3.05) is 5.32 Å². The van der Waals surface area contributed by atoms with Crippen LogP contribution in [-0.2, 0) is 4.79 Å². The van der Waals surface area contributed by atoms with Gasteiger partial charge in [-0.05, 0) is 43.0 Å². The lowest BCUT2D eigenvalue weighted by Gasteiger charge is -2.31. The molecule has 1 aromatic carbocycles. The van der Waals surface area contributed by atoms with Crippen LogP contribution in [0.15, 0.2) is 36.5 Å². The van der Waals surface area contributed by atoms with Gasteiger partial charge in [-0.2, -0.15) is 0 Å². The summed E-state index contributed by atoms with van der Waals surface area (Å²) in [6.07, 6.45) is 1.53. The number of carbonyl (C=O) groups excluding carboxylic acids is 1. The summed E-state index contributed by atoms with van der Waals surface area (Å²) >= 11 is 0. The minimum atomic E-state index is -2.63. The first-order valence-electron chi connectivity index (χ1n) is 9.01. The van der Waals surface area contributed by atoms with Crippen molar-refractivity contribution >= 4 is 11.7 Å².